The topological polar surface area (TPSA) is 29.1 Å². The number of nitrogens with one attached hydrogen (secondary N) is 1. The van der Waals surface area contributed by atoms with Crippen LogP contribution in [0.25, 0.3) is 0 Å². The third kappa shape index (κ3) is 5.82. The molecule has 0 aromatic rings. The summed E-state index contributed by atoms with van der Waals surface area (Å²) in [5.74, 6) is -0.0283. The number of carbonyl (C=O) groups is 1. The Labute approximate surface area is 68.8 Å². The normalized spacial score (nSPS) is 10.7. The molecule has 1 N–H and O–H groups in total. The van der Waals surface area contributed by atoms with Crippen LogP contribution in [0.2, 0.25) is 0 Å². The van der Waals surface area contributed by atoms with Crippen molar-refractivity contribution in [2.24, 2.45) is 0 Å². The molecule has 0 aliphatic heterocycles. The van der Waals surface area contributed by atoms with Crippen LogP contribution in [0.5, 0.6) is 0 Å². The Morgan fingerprint density at radius 3 is 2.56 bits per heavy atom. The largest absolute Gasteiger partial charge is 0.350 e. The molecule has 0 heterocycles. The zero-order valence-electron chi connectivity index (χ0n) is 5.52. The third-order valence-electron chi connectivity index (χ3n) is 0.645. The first-order chi connectivity index (χ1) is 4.16. The van der Waals surface area contributed by atoms with E-state index in [1.165, 1.54) is 6.08 Å². The van der Waals surface area contributed by atoms with Crippen LogP contribution in [0.4, 0.5) is 0 Å². The van der Waals surface area contributed by atoms with Crippen LogP contribution in [0.3, 0.4) is 0 Å². The van der Waals surface area contributed by atoms with E-state index in [4.69, 9.17) is 0 Å². The van der Waals surface area contributed by atoms with Gasteiger partial charge in [-0.3, -0.25) is 4.79 Å². The van der Waals surface area contributed by atoms with E-state index in [1.807, 2.05) is 36.4 Å². The summed E-state index contributed by atoms with van der Waals surface area (Å²) in [6, 6.07) is 0.227. The molecule has 0 spiro atoms. The fourth-order valence-corrected chi connectivity index (χ4v) is 0.716. The van der Waals surface area contributed by atoms with Crippen molar-refractivity contribution in [3.63, 3.8) is 0 Å². The fourth-order valence-electron chi connectivity index (χ4n) is 0.390. The number of hydrogen-bond acceptors (Lipinski definition) is 1. The maximum atomic E-state index is 10.7. The van der Waals surface area contributed by atoms with Gasteiger partial charge < -0.3 is 5.32 Å². The molecule has 9 heavy (non-hydrogen) atoms. The van der Waals surface area contributed by atoms with Gasteiger partial charge in [0, 0.05) is 12.1 Å². The van der Waals surface area contributed by atoms with E-state index in [0.29, 0.717) is 0 Å². The van der Waals surface area contributed by atoms with Crippen molar-refractivity contribution in [3.8, 4) is 0 Å². The lowest BCUT2D eigenvalue weighted by molar-refractivity contribution is -0.116. The van der Waals surface area contributed by atoms with Gasteiger partial charge >= 0.3 is 0 Å². The van der Waals surface area contributed by atoms with Gasteiger partial charge in [0.1, 0.15) is 0 Å². The van der Waals surface area contributed by atoms with Crippen LogP contribution in [-0.4, -0.2) is 11.9 Å². The van der Waals surface area contributed by atoms with Crippen molar-refractivity contribution >= 4 is 28.5 Å². The van der Waals surface area contributed by atoms with Gasteiger partial charge in [0.05, 0.1) is 0 Å². The predicted molar refractivity (Wildman–Crippen MR) is 46.4 cm³/mol. The van der Waals surface area contributed by atoms with Gasteiger partial charge in [-0.25, -0.2) is 0 Å². The Kier molecular flexibility index (Phi) is 4.75. The molecule has 0 radical (unpaired) electrons. The van der Waals surface area contributed by atoms with Gasteiger partial charge in [-0.2, -0.15) is 0 Å². The van der Waals surface area contributed by atoms with Crippen LogP contribution in [0.15, 0.2) is 10.2 Å². The molecule has 0 saturated carbocycles. The molecule has 1 amide bonds. The molecule has 0 aliphatic carbocycles. The summed E-state index contributed by atoms with van der Waals surface area (Å²) in [6.07, 6.45) is 1.50. The van der Waals surface area contributed by atoms with E-state index in [1.54, 1.807) is 4.08 Å². The van der Waals surface area contributed by atoms with E-state index in [0.717, 1.165) is 0 Å². The van der Waals surface area contributed by atoms with E-state index >= 15 is 0 Å². The highest BCUT2D eigenvalue weighted by Crippen LogP contribution is 1.84. The Morgan fingerprint density at radius 1 is 1.67 bits per heavy atom. The Balaban J connectivity index is 3.51. The van der Waals surface area contributed by atoms with Gasteiger partial charge in [-0.05, 0) is 17.9 Å². The first kappa shape index (κ1) is 8.94. The highest BCUT2D eigenvalue weighted by atomic mass is 127. The summed E-state index contributed by atoms with van der Waals surface area (Å²) in [5, 5.41) is 2.71. The average molecular weight is 239 g/mol. The molecule has 0 aromatic heterocycles. The molecule has 0 aromatic carbocycles. The highest BCUT2D eigenvalue weighted by molar-refractivity contribution is 14.1. The molecule has 0 atom stereocenters. The lowest BCUT2D eigenvalue weighted by Gasteiger charge is -2.03. The monoisotopic (exact) mass is 239 g/mol. The summed E-state index contributed by atoms with van der Waals surface area (Å²) in [6.45, 7) is 3.86. The SMILES string of the molecule is CC(C)NC(=O)/C=C/I. The van der Waals surface area contributed by atoms with Gasteiger partial charge in [-0.15, -0.1) is 0 Å². The Hall–Kier alpha value is -0.0600. The van der Waals surface area contributed by atoms with Crippen LogP contribution >= 0.6 is 22.6 Å². The van der Waals surface area contributed by atoms with E-state index in [9.17, 15) is 4.79 Å². The first-order valence-electron chi connectivity index (χ1n) is 2.74. The van der Waals surface area contributed by atoms with Gasteiger partial charge in [0.25, 0.3) is 0 Å². The van der Waals surface area contributed by atoms with Crippen molar-refractivity contribution in [3.05, 3.63) is 10.2 Å². The van der Waals surface area contributed by atoms with Crippen LogP contribution in [0, 0.1) is 0 Å². The van der Waals surface area contributed by atoms with Crippen molar-refractivity contribution < 1.29 is 4.79 Å². The van der Waals surface area contributed by atoms with Crippen LogP contribution < -0.4 is 5.32 Å². The highest BCUT2D eigenvalue weighted by Gasteiger charge is 1.94. The lowest BCUT2D eigenvalue weighted by atomic mass is 10.4. The molecular weight excluding hydrogens is 229 g/mol. The molecule has 2 nitrogen and oxygen atoms in total. The molecular formula is C6H10INO. The fraction of sp³-hybridized carbons (Fsp3) is 0.500. The molecule has 0 aliphatic rings. The standard InChI is InChI=1S/C6H10INO/c1-5(2)8-6(9)3-4-7/h3-5H,1-2H3,(H,8,9)/b4-3+. The first-order valence-corrected chi connectivity index (χ1v) is 3.98. The zero-order chi connectivity index (χ0) is 7.28. The van der Waals surface area contributed by atoms with E-state index < -0.39 is 0 Å². The second-order valence-corrected chi connectivity index (χ2v) is 2.68. The summed E-state index contributed by atoms with van der Waals surface area (Å²) in [7, 11) is 0. The molecule has 0 rings (SSSR count). The minimum atomic E-state index is -0.0283. The maximum absolute atomic E-state index is 10.7. The van der Waals surface area contributed by atoms with Gasteiger partial charge in [0.2, 0.25) is 5.91 Å². The maximum Gasteiger partial charge on any atom is 0.244 e. The molecule has 0 bridgehead atoms. The van der Waals surface area contributed by atoms with Crippen LogP contribution in [-0.2, 0) is 4.79 Å². The number of hydrogen-bond donors (Lipinski definition) is 1. The minimum absolute atomic E-state index is 0.0283. The molecule has 3 heteroatoms. The average Bonchev–Trinajstić information content (AvgIpc) is 1.63. The minimum Gasteiger partial charge on any atom is -0.350 e. The van der Waals surface area contributed by atoms with Crippen molar-refractivity contribution in [1.82, 2.24) is 5.32 Å². The quantitative estimate of drug-likeness (QED) is 0.573. The molecule has 0 unspecified atom stereocenters. The van der Waals surface area contributed by atoms with E-state index in [2.05, 4.69) is 5.32 Å². The molecule has 0 saturated heterocycles. The number of amides is 1. The van der Waals surface area contributed by atoms with Crippen LogP contribution in [0.1, 0.15) is 13.8 Å². The Bertz CT molecular complexity index is 120. The second-order valence-electron chi connectivity index (χ2n) is 1.96. The van der Waals surface area contributed by atoms with Crippen molar-refractivity contribution in [2.75, 3.05) is 0 Å². The smallest absolute Gasteiger partial charge is 0.244 e. The predicted octanol–water partition coefficient (Wildman–Crippen LogP) is 1.46. The van der Waals surface area contributed by atoms with Crippen molar-refractivity contribution in [1.29, 1.82) is 0 Å². The Morgan fingerprint density at radius 2 is 2.22 bits per heavy atom. The van der Waals surface area contributed by atoms with Gasteiger partial charge in [-0.1, -0.05) is 22.6 Å². The number of halogens is 1. The third-order valence-corrected chi connectivity index (χ3v) is 1.00. The summed E-state index contributed by atoms with van der Waals surface area (Å²) >= 11 is 2.01. The van der Waals surface area contributed by atoms with Crippen molar-refractivity contribution in [2.45, 2.75) is 19.9 Å². The number of carbonyl (C=O) groups excluding carboxylic acids is 1. The molecule has 0 fully saturated rings. The van der Waals surface area contributed by atoms with Gasteiger partial charge in [0.15, 0.2) is 0 Å². The number of rotatable bonds is 2. The zero-order valence-corrected chi connectivity index (χ0v) is 7.68. The second kappa shape index (κ2) is 4.78. The lowest BCUT2D eigenvalue weighted by Crippen LogP contribution is -2.28. The summed E-state index contributed by atoms with van der Waals surface area (Å²) in [4.78, 5) is 10.7. The summed E-state index contributed by atoms with van der Waals surface area (Å²) in [5.41, 5.74) is 0. The van der Waals surface area contributed by atoms with E-state index in [-0.39, 0.29) is 11.9 Å². The summed E-state index contributed by atoms with van der Waals surface area (Å²) < 4.78 is 1.69. The molecule has 52 valence electrons.